The summed E-state index contributed by atoms with van der Waals surface area (Å²) in [5, 5.41) is 0. The van der Waals surface area contributed by atoms with Gasteiger partial charge in [-0.25, -0.2) is 4.98 Å². The predicted molar refractivity (Wildman–Crippen MR) is 61.1 cm³/mol. The molecule has 2 aromatic rings. The van der Waals surface area contributed by atoms with Crippen molar-refractivity contribution in [3.05, 3.63) is 41.9 Å². The van der Waals surface area contributed by atoms with Crippen LogP contribution >= 0.6 is 11.6 Å². The first-order valence-corrected chi connectivity index (χ1v) is 5.42. The van der Waals surface area contributed by atoms with E-state index in [1.165, 1.54) is 0 Å². The van der Waals surface area contributed by atoms with E-state index in [-0.39, 0.29) is 0 Å². The van der Waals surface area contributed by atoms with E-state index in [0.29, 0.717) is 18.2 Å². The molecule has 0 fully saturated rings. The lowest BCUT2D eigenvalue weighted by Gasteiger charge is -1.95. The van der Waals surface area contributed by atoms with Crippen molar-refractivity contribution in [2.24, 2.45) is 0 Å². The van der Waals surface area contributed by atoms with Crippen molar-refractivity contribution < 1.29 is 4.42 Å². The first-order chi connectivity index (χ1) is 7.31. The number of benzene rings is 1. The molecule has 0 atom stereocenters. The van der Waals surface area contributed by atoms with Crippen LogP contribution in [0, 0.1) is 6.92 Å². The minimum atomic E-state index is 0.536. The molecule has 1 heterocycles. The van der Waals surface area contributed by atoms with Crippen molar-refractivity contribution in [3.8, 4) is 11.3 Å². The largest absolute Gasteiger partial charge is 0.440 e. The minimum Gasteiger partial charge on any atom is -0.440 e. The van der Waals surface area contributed by atoms with Gasteiger partial charge < -0.3 is 4.42 Å². The molecular weight excluding hydrogens is 210 g/mol. The standard InChI is InChI=1S/C12H12ClNO/c1-9-12(10-5-3-2-4-6-10)15-11(14-9)7-8-13/h2-6H,7-8H2,1H3. The number of hydrogen-bond acceptors (Lipinski definition) is 2. The van der Waals surface area contributed by atoms with Crippen LogP contribution < -0.4 is 0 Å². The third kappa shape index (κ3) is 2.21. The smallest absolute Gasteiger partial charge is 0.196 e. The van der Waals surface area contributed by atoms with Crippen molar-refractivity contribution in [2.45, 2.75) is 13.3 Å². The third-order valence-electron chi connectivity index (χ3n) is 2.19. The predicted octanol–water partition coefficient (Wildman–Crippen LogP) is 3.43. The number of rotatable bonds is 3. The second-order valence-electron chi connectivity index (χ2n) is 3.33. The van der Waals surface area contributed by atoms with E-state index in [1.54, 1.807) is 0 Å². The summed E-state index contributed by atoms with van der Waals surface area (Å²) < 4.78 is 5.65. The summed E-state index contributed by atoms with van der Waals surface area (Å²) in [6, 6.07) is 9.97. The fourth-order valence-corrected chi connectivity index (χ4v) is 1.66. The number of nitrogens with zero attached hydrogens (tertiary/aromatic N) is 1. The van der Waals surface area contributed by atoms with Crippen LogP contribution in [0.3, 0.4) is 0 Å². The maximum Gasteiger partial charge on any atom is 0.196 e. The number of hydrogen-bond donors (Lipinski definition) is 0. The van der Waals surface area contributed by atoms with Crippen LogP contribution in [0.15, 0.2) is 34.7 Å². The zero-order valence-electron chi connectivity index (χ0n) is 8.53. The second-order valence-corrected chi connectivity index (χ2v) is 3.71. The summed E-state index contributed by atoms with van der Waals surface area (Å²) in [6.45, 7) is 1.95. The Hall–Kier alpha value is -1.28. The monoisotopic (exact) mass is 221 g/mol. The van der Waals surface area contributed by atoms with E-state index >= 15 is 0 Å². The Bertz CT molecular complexity index is 436. The van der Waals surface area contributed by atoms with Crippen molar-refractivity contribution in [1.29, 1.82) is 0 Å². The Morgan fingerprint density at radius 2 is 2.00 bits per heavy atom. The maximum absolute atomic E-state index is 5.65. The third-order valence-corrected chi connectivity index (χ3v) is 2.37. The van der Waals surface area contributed by atoms with E-state index in [0.717, 1.165) is 17.0 Å². The number of alkyl halides is 1. The first-order valence-electron chi connectivity index (χ1n) is 4.89. The van der Waals surface area contributed by atoms with Crippen LogP contribution in [0.2, 0.25) is 0 Å². The Kier molecular flexibility index (Phi) is 3.07. The van der Waals surface area contributed by atoms with Crippen LogP contribution in [-0.2, 0) is 6.42 Å². The normalized spacial score (nSPS) is 10.5. The zero-order chi connectivity index (χ0) is 10.7. The van der Waals surface area contributed by atoms with Gasteiger partial charge in [0.1, 0.15) is 0 Å². The summed E-state index contributed by atoms with van der Waals surface area (Å²) in [4.78, 5) is 4.33. The molecule has 0 radical (unpaired) electrons. The van der Waals surface area contributed by atoms with Crippen molar-refractivity contribution in [1.82, 2.24) is 4.98 Å². The van der Waals surface area contributed by atoms with Crippen LogP contribution in [0.25, 0.3) is 11.3 Å². The quantitative estimate of drug-likeness (QED) is 0.743. The summed E-state index contributed by atoms with van der Waals surface area (Å²) in [6.07, 6.45) is 0.676. The molecule has 1 aromatic heterocycles. The Balaban J connectivity index is 2.36. The minimum absolute atomic E-state index is 0.536. The number of aromatic nitrogens is 1. The molecule has 1 aromatic carbocycles. The van der Waals surface area contributed by atoms with Gasteiger partial charge in [-0.1, -0.05) is 30.3 Å². The molecule has 0 bridgehead atoms. The Morgan fingerprint density at radius 1 is 1.27 bits per heavy atom. The summed E-state index contributed by atoms with van der Waals surface area (Å²) in [5.74, 6) is 2.09. The van der Waals surface area contributed by atoms with E-state index < -0.39 is 0 Å². The summed E-state index contributed by atoms with van der Waals surface area (Å²) in [5.41, 5.74) is 1.98. The molecule has 15 heavy (non-hydrogen) atoms. The van der Waals surface area contributed by atoms with Crippen molar-refractivity contribution >= 4 is 11.6 Å². The molecule has 0 N–H and O–H groups in total. The van der Waals surface area contributed by atoms with Gasteiger partial charge >= 0.3 is 0 Å². The van der Waals surface area contributed by atoms with Crippen molar-refractivity contribution in [3.63, 3.8) is 0 Å². The summed E-state index contributed by atoms with van der Waals surface area (Å²) in [7, 11) is 0. The van der Waals surface area contributed by atoms with Crippen LogP contribution in [0.5, 0.6) is 0 Å². The van der Waals surface area contributed by atoms with Crippen LogP contribution in [-0.4, -0.2) is 10.9 Å². The fourth-order valence-electron chi connectivity index (χ4n) is 1.50. The molecule has 78 valence electrons. The molecule has 0 saturated carbocycles. The highest BCUT2D eigenvalue weighted by molar-refractivity contribution is 6.17. The molecule has 3 heteroatoms. The lowest BCUT2D eigenvalue weighted by atomic mass is 10.1. The Morgan fingerprint density at radius 3 is 2.67 bits per heavy atom. The zero-order valence-corrected chi connectivity index (χ0v) is 9.29. The summed E-state index contributed by atoms with van der Waals surface area (Å²) >= 11 is 5.64. The maximum atomic E-state index is 5.65. The molecule has 0 unspecified atom stereocenters. The number of aryl methyl sites for hydroxylation is 2. The molecular formula is C12H12ClNO. The number of halogens is 1. The highest BCUT2D eigenvalue weighted by atomic mass is 35.5. The first kappa shape index (κ1) is 10.2. The van der Waals surface area contributed by atoms with Crippen molar-refractivity contribution in [2.75, 3.05) is 5.88 Å². The lowest BCUT2D eigenvalue weighted by Crippen LogP contribution is -1.84. The SMILES string of the molecule is Cc1nc(CCCl)oc1-c1ccccc1. The van der Waals surface area contributed by atoms with Gasteiger partial charge in [-0.3, -0.25) is 0 Å². The Labute approximate surface area is 93.9 Å². The fraction of sp³-hybridized carbons (Fsp3) is 0.250. The molecule has 0 aliphatic heterocycles. The van der Waals surface area contributed by atoms with Gasteiger partial charge in [-0.05, 0) is 6.92 Å². The topological polar surface area (TPSA) is 26.0 Å². The van der Waals surface area contributed by atoms with Gasteiger partial charge in [0.05, 0.1) is 5.69 Å². The van der Waals surface area contributed by atoms with Crippen LogP contribution in [0.1, 0.15) is 11.6 Å². The molecule has 0 aliphatic rings. The molecule has 0 amide bonds. The highest BCUT2D eigenvalue weighted by Crippen LogP contribution is 2.24. The molecule has 2 nitrogen and oxygen atoms in total. The molecule has 0 spiro atoms. The van der Waals surface area contributed by atoms with Crippen LogP contribution in [0.4, 0.5) is 0 Å². The second kappa shape index (κ2) is 4.49. The lowest BCUT2D eigenvalue weighted by molar-refractivity contribution is 0.514. The van der Waals surface area contributed by atoms with Gasteiger partial charge in [-0.2, -0.15) is 0 Å². The van der Waals surface area contributed by atoms with E-state index in [4.69, 9.17) is 16.0 Å². The molecule has 0 aliphatic carbocycles. The van der Waals surface area contributed by atoms with E-state index in [1.807, 2.05) is 37.3 Å². The average Bonchev–Trinajstić information content (AvgIpc) is 2.61. The molecule has 2 rings (SSSR count). The van der Waals surface area contributed by atoms with E-state index in [2.05, 4.69) is 4.98 Å². The van der Waals surface area contributed by atoms with E-state index in [9.17, 15) is 0 Å². The van der Waals surface area contributed by atoms with Gasteiger partial charge in [0, 0.05) is 17.9 Å². The number of oxazole rings is 1. The van der Waals surface area contributed by atoms with Gasteiger partial charge in [0.2, 0.25) is 0 Å². The average molecular weight is 222 g/mol. The van der Waals surface area contributed by atoms with Gasteiger partial charge in [0.25, 0.3) is 0 Å². The molecule has 0 saturated heterocycles. The highest BCUT2D eigenvalue weighted by Gasteiger charge is 2.10. The van der Waals surface area contributed by atoms with Gasteiger partial charge in [0.15, 0.2) is 11.7 Å². The van der Waals surface area contributed by atoms with Gasteiger partial charge in [-0.15, -0.1) is 11.6 Å².